The Balaban J connectivity index is 0.00000140. The molecular formula is C56H90CaO14S2. The molecule has 0 heterocycles. The van der Waals surface area contributed by atoms with Crippen LogP contribution in [0, 0.1) is 0 Å². The second-order valence-corrected chi connectivity index (χ2v) is 22.6. The summed E-state index contributed by atoms with van der Waals surface area (Å²) in [5.74, 6) is -2.69. The van der Waals surface area contributed by atoms with E-state index in [0.29, 0.717) is 13.2 Å². The van der Waals surface area contributed by atoms with Gasteiger partial charge < -0.3 is 28.1 Å². The van der Waals surface area contributed by atoms with Gasteiger partial charge in [0.05, 0.1) is 68.9 Å². The summed E-state index contributed by atoms with van der Waals surface area (Å²) in [4.78, 5) is 49.6. The smallest absolute Gasteiger partial charge is 0.748 e. The van der Waals surface area contributed by atoms with Crippen molar-refractivity contribution in [2.45, 2.75) is 231 Å². The van der Waals surface area contributed by atoms with Crippen LogP contribution in [-0.4, -0.2) is 124 Å². The maximum atomic E-state index is 12.5. The minimum atomic E-state index is -4.43. The Morgan fingerprint density at radius 3 is 0.767 bits per heavy atom. The summed E-state index contributed by atoms with van der Waals surface area (Å²) in [7, 11) is -8.86. The molecule has 2 rings (SSSR count). The summed E-state index contributed by atoms with van der Waals surface area (Å²) in [6.45, 7) is 7.14. The molecule has 0 amide bonds. The van der Waals surface area contributed by atoms with Crippen LogP contribution < -0.4 is 0 Å². The first-order valence-electron chi connectivity index (χ1n) is 27.3. The van der Waals surface area contributed by atoms with Crippen LogP contribution in [0.2, 0.25) is 0 Å². The van der Waals surface area contributed by atoms with E-state index in [1.165, 1.54) is 179 Å². The fourth-order valence-electron chi connectivity index (χ4n) is 7.84. The summed E-state index contributed by atoms with van der Waals surface area (Å²) < 4.78 is 86.5. The predicted octanol–water partition coefficient (Wildman–Crippen LogP) is 13.2. The average Bonchev–Trinajstić information content (AvgIpc) is 3.35. The van der Waals surface area contributed by atoms with Gasteiger partial charge in [-0.3, -0.25) is 0 Å². The molecule has 2 aromatic carbocycles. The molecular weight excluding hydrogens is 1000 g/mol. The van der Waals surface area contributed by atoms with E-state index in [4.69, 9.17) is 18.9 Å². The summed E-state index contributed by atoms with van der Waals surface area (Å²) in [5, 5.41) is -2.31. The van der Waals surface area contributed by atoms with Gasteiger partial charge in [-0.05, 0) is 63.8 Å². The molecule has 0 aliphatic rings. The molecule has 0 spiro atoms. The van der Waals surface area contributed by atoms with E-state index in [-0.39, 0.29) is 86.0 Å². The molecule has 2 unspecified atom stereocenters. The SMILES string of the molecule is CCCCCCCCCCCCCCCCOC(=O)c1ccccc1C(=O)OCCC(C)S(=O)(=O)[O-].CCCCCCCCCCCCCCCCOC(=O)c1ccccc1C(=O)OCCC(C)S(=O)(=O)[O-].[Ca+2]. The van der Waals surface area contributed by atoms with Gasteiger partial charge in [-0.15, -0.1) is 0 Å². The van der Waals surface area contributed by atoms with Crippen molar-refractivity contribution in [1.82, 2.24) is 0 Å². The molecule has 0 saturated heterocycles. The molecule has 0 radical (unpaired) electrons. The van der Waals surface area contributed by atoms with Gasteiger partial charge in [-0.25, -0.2) is 36.0 Å². The molecule has 0 fully saturated rings. The first kappa shape index (κ1) is 70.4. The van der Waals surface area contributed by atoms with Crippen LogP contribution in [0.5, 0.6) is 0 Å². The van der Waals surface area contributed by atoms with Crippen molar-refractivity contribution < 1.29 is 64.1 Å². The van der Waals surface area contributed by atoms with Crippen molar-refractivity contribution in [2.24, 2.45) is 0 Å². The van der Waals surface area contributed by atoms with E-state index in [1.807, 2.05) is 0 Å². The van der Waals surface area contributed by atoms with Gasteiger partial charge in [0.1, 0.15) is 0 Å². The molecule has 0 aliphatic heterocycles. The van der Waals surface area contributed by atoms with E-state index in [0.717, 1.165) is 38.5 Å². The van der Waals surface area contributed by atoms with Crippen LogP contribution in [0.4, 0.5) is 0 Å². The molecule has 0 saturated carbocycles. The zero-order valence-corrected chi connectivity index (χ0v) is 48.9. The van der Waals surface area contributed by atoms with Crippen molar-refractivity contribution in [3.63, 3.8) is 0 Å². The van der Waals surface area contributed by atoms with Crippen molar-refractivity contribution in [3.05, 3.63) is 70.8 Å². The Hall–Kier alpha value is -2.60. The van der Waals surface area contributed by atoms with Crippen LogP contribution in [0.1, 0.15) is 262 Å². The van der Waals surface area contributed by atoms with Gasteiger partial charge in [-0.1, -0.05) is 205 Å². The zero-order chi connectivity index (χ0) is 53.3. The van der Waals surface area contributed by atoms with Gasteiger partial charge in [0.15, 0.2) is 0 Å². The third kappa shape index (κ3) is 36.1. The number of rotatable bonds is 42. The Morgan fingerprint density at radius 2 is 0.562 bits per heavy atom. The van der Waals surface area contributed by atoms with Crippen molar-refractivity contribution in [2.75, 3.05) is 26.4 Å². The summed E-state index contributed by atoms with van der Waals surface area (Å²) in [6, 6.07) is 12.4. The van der Waals surface area contributed by atoms with Gasteiger partial charge in [0.2, 0.25) is 0 Å². The maximum Gasteiger partial charge on any atom is 2.00 e. The monoisotopic (exact) mass is 1090 g/mol. The van der Waals surface area contributed by atoms with E-state index in [1.54, 1.807) is 24.3 Å². The minimum absolute atomic E-state index is 0. The minimum Gasteiger partial charge on any atom is -0.748 e. The third-order valence-corrected chi connectivity index (χ3v) is 15.1. The molecule has 17 heteroatoms. The van der Waals surface area contributed by atoms with Crippen molar-refractivity contribution in [3.8, 4) is 0 Å². The zero-order valence-electron chi connectivity index (χ0n) is 45.1. The van der Waals surface area contributed by atoms with Crippen molar-refractivity contribution in [1.29, 1.82) is 0 Å². The van der Waals surface area contributed by atoms with Gasteiger partial charge in [0, 0.05) is 10.5 Å². The molecule has 2 atom stereocenters. The Labute approximate surface area is 470 Å². The number of carbonyl (C=O) groups is 4. The second kappa shape index (κ2) is 44.5. The largest absolute Gasteiger partial charge is 2.00 e. The Morgan fingerprint density at radius 1 is 0.370 bits per heavy atom. The van der Waals surface area contributed by atoms with Crippen LogP contribution in [0.25, 0.3) is 0 Å². The van der Waals surface area contributed by atoms with E-state index in [2.05, 4.69) is 13.8 Å². The Bertz CT molecular complexity index is 1850. The number of unbranched alkanes of at least 4 members (excludes halogenated alkanes) is 26. The number of hydrogen-bond donors (Lipinski definition) is 0. The Kier molecular flexibility index (Phi) is 42.9. The molecule has 0 aliphatic carbocycles. The quantitative estimate of drug-likeness (QED) is 0.0198. The van der Waals surface area contributed by atoms with Crippen LogP contribution in [-0.2, 0) is 39.2 Å². The molecule has 0 aromatic heterocycles. The number of carbonyl (C=O) groups excluding carboxylic acids is 4. The van der Waals surface area contributed by atoms with Crippen molar-refractivity contribution >= 4 is 81.9 Å². The van der Waals surface area contributed by atoms with E-state index < -0.39 is 54.6 Å². The number of benzene rings is 2. The summed E-state index contributed by atoms with van der Waals surface area (Å²) in [6.07, 6.45) is 34.7. The molecule has 73 heavy (non-hydrogen) atoms. The standard InChI is InChI=1S/2C28H46O7S.Ca/c2*1-3-4-5-6-7-8-9-10-11-12-13-14-15-18-22-34-27(29)25-19-16-17-20-26(25)28(30)35-23-21-24(2)36(31,32)33;/h2*16-17,19-20,24H,3-15,18,21-23H2,1-2H3,(H,31,32,33);/q;;+2/p-2. The van der Waals surface area contributed by atoms with Gasteiger partial charge in [0.25, 0.3) is 0 Å². The predicted molar refractivity (Wildman–Crippen MR) is 288 cm³/mol. The number of hydrogen-bond acceptors (Lipinski definition) is 14. The van der Waals surface area contributed by atoms with Gasteiger partial charge in [-0.2, -0.15) is 0 Å². The summed E-state index contributed by atoms with van der Waals surface area (Å²) in [5.41, 5.74) is 0.330. The fraction of sp³-hybridized carbons (Fsp3) is 0.714. The van der Waals surface area contributed by atoms with Gasteiger partial charge >= 0.3 is 61.6 Å². The number of esters is 4. The molecule has 2 aromatic rings. The fourth-order valence-corrected chi connectivity index (χ4v) is 8.61. The molecule has 0 bridgehead atoms. The molecule has 412 valence electrons. The topological polar surface area (TPSA) is 220 Å². The molecule has 0 N–H and O–H groups in total. The third-order valence-electron chi connectivity index (χ3n) is 12.7. The van der Waals surface area contributed by atoms with Crippen LogP contribution in [0.3, 0.4) is 0 Å². The van der Waals surface area contributed by atoms with Crippen LogP contribution in [0.15, 0.2) is 48.5 Å². The molecule has 14 nitrogen and oxygen atoms in total. The first-order chi connectivity index (χ1) is 34.5. The first-order valence-corrected chi connectivity index (χ1v) is 30.2. The van der Waals surface area contributed by atoms with E-state index in [9.17, 15) is 45.1 Å². The second-order valence-electron chi connectivity index (χ2n) is 19.0. The number of ether oxygens (including phenoxy) is 4. The van der Waals surface area contributed by atoms with Crippen LogP contribution >= 0.6 is 0 Å². The maximum absolute atomic E-state index is 12.5. The van der Waals surface area contributed by atoms with E-state index >= 15 is 0 Å². The summed E-state index contributed by atoms with van der Waals surface area (Å²) >= 11 is 0. The average molecular weight is 1090 g/mol. The normalized spacial score (nSPS) is 12.1.